The van der Waals surface area contributed by atoms with Gasteiger partial charge in [0.1, 0.15) is 16.5 Å². The fraction of sp³-hybridized carbons (Fsp3) is 0.308. The van der Waals surface area contributed by atoms with Crippen LogP contribution in [0.25, 0.3) is 0 Å². The Morgan fingerprint density at radius 3 is 2.74 bits per heavy atom. The fourth-order valence-electron chi connectivity index (χ4n) is 1.72. The molecule has 1 unspecified atom stereocenters. The Balaban J connectivity index is 2.27. The van der Waals surface area contributed by atoms with Crippen molar-refractivity contribution >= 4 is 41.9 Å². The molecule has 0 aliphatic carbocycles. The van der Waals surface area contributed by atoms with Crippen LogP contribution in [-0.2, 0) is 0 Å². The summed E-state index contributed by atoms with van der Waals surface area (Å²) in [5.41, 5.74) is 1.42. The molecule has 1 heterocycles. The zero-order valence-electron chi connectivity index (χ0n) is 10.6. The predicted molar refractivity (Wildman–Crippen MR) is 85.1 cm³/mol. The molecule has 0 saturated heterocycles. The molecule has 0 spiro atoms. The Morgan fingerprint density at radius 2 is 2.16 bits per heavy atom. The minimum atomic E-state index is -0.194. The Hall–Kier alpha value is -0.800. The van der Waals surface area contributed by atoms with Gasteiger partial charge in [-0.1, -0.05) is 23.7 Å². The number of hydrogen-bond acceptors (Lipinski definition) is 5. The lowest BCUT2D eigenvalue weighted by atomic mass is 10.2. The maximum atomic E-state index is 9.28. The number of rotatable bonds is 3. The fourth-order valence-corrected chi connectivity index (χ4v) is 3.62. The first-order valence-corrected chi connectivity index (χ1v) is 7.51. The molecule has 19 heavy (non-hydrogen) atoms. The number of anilines is 1. The monoisotopic (exact) mass is 311 g/mol. The van der Waals surface area contributed by atoms with Gasteiger partial charge in [-0.25, -0.2) is 4.31 Å². The minimum absolute atomic E-state index is 0.194. The molecule has 0 fully saturated rings. The number of para-hydroxylation sites is 1. The van der Waals surface area contributed by atoms with Crippen LogP contribution in [0.3, 0.4) is 0 Å². The summed E-state index contributed by atoms with van der Waals surface area (Å²) in [6.45, 7) is 4.15. The molecule has 1 N–H and O–H groups in total. The lowest BCUT2D eigenvalue weighted by molar-refractivity contribution is 0.415. The van der Waals surface area contributed by atoms with Gasteiger partial charge in [-0.3, -0.25) is 0 Å². The van der Waals surface area contributed by atoms with Crippen LogP contribution in [0.5, 0.6) is 0 Å². The highest BCUT2D eigenvalue weighted by Gasteiger charge is 2.33. The molecule has 3 nitrogen and oxygen atoms in total. The number of nitrogens with one attached hydrogen (secondary N) is 1. The van der Waals surface area contributed by atoms with Crippen molar-refractivity contribution in [3.8, 4) is 6.07 Å². The van der Waals surface area contributed by atoms with Crippen molar-refractivity contribution in [3.63, 3.8) is 0 Å². The van der Waals surface area contributed by atoms with Crippen LogP contribution in [0.1, 0.15) is 13.8 Å². The average molecular weight is 312 g/mol. The van der Waals surface area contributed by atoms with Crippen molar-refractivity contribution in [1.29, 1.82) is 5.26 Å². The van der Waals surface area contributed by atoms with Crippen molar-refractivity contribution in [1.82, 2.24) is 4.31 Å². The van der Waals surface area contributed by atoms with E-state index < -0.39 is 0 Å². The van der Waals surface area contributed by atoms with Gasteiger partial charge >= 0.3 is 0 Å². The minimum Gasteiger partial charge on any atom is -0.347 e. The molecule has 1 aliphatic rings. The number of nitrogens with zero attached hydrogens (tertiary/aromatic N) is 2. The summed E-state index contributed by atoms with van der Waals surface area (Å²) in [4.78, 5) is 0. The summed E-state index contributed by atoms with van der Waals surface area (Å²) in [7, 11) is 0. The number of nitriles is 1. The molecule has 1 aromatic rings. The van der Waals surface area contributed by atoms with E-state index in [0.717, 1.165) is 10.7 Å². The third kappa shape index (κ3) is 3.03. The maximum Gasteiger partial charge on any atom is 0.105 e. The van der Waals surface area contributed by atoms with E-state index in [4.69, 9.17) is 11.6 Å². The van der Waals surface area contributed by atoms with E-state index in [1.807, 2.05) is 24.3 Å². The molecular formula is C13H14ClN3S2. The van der Waals surface area contributed by atoms with Crippen LogP contribution in [-0.4, -0.2) is 15.7 Å². The van der Waals surface area contributed by atoms with E-state index in [9.17, 15) is 5.26 Å². The zero-order chi connectivity index (χ0) is 14.0. The molecule has 0 amide bonds. The Morgan fingerprint density at radius 1 is 1.47 bits per heavy atom. The second-order valence-electron chi connectivity index (χ2n) is 4.38. The number of thiol groups is 1. The van der Waals surface area contributed by atoms with Gasteiger partial charge in [-0.05, 0) is 37.9 Å². The van der Waals surface area contributed by atoms with Gasteiger partial charge in [0, 0.05) is 6.04 Å². The number of halogens is 1. The summed E-state index contributed by atoms with van der Waals surface area (Å²) in [5, 5.41) is 13.7. The molecule has 100 valence electrons. The second-order valence-corrected chi connectivity index (χ2v) is 6.29. The SMILES string of the molecule is CC(C)N1SC(Nc2ccccc2Cl)=C(C#N)C1S. The quantitative estimate of drug-likeness (QED) is 0.651. The molecule has 0 aromatic heterocycles. The highest BCUT2D eigenvalue weighted by molar-refractivity contribution is 8.02. The van der Waals surface area contributed by atoms with E-state index in [1.165, 1.54) is 11.9 Å². The molecule has 6 heteroatoms. The highest BCUT2D eigenvalue weighted by Crippen LogP contribution is 2.41. The van der Waals surface area contributed by atoms with Crippen molar-refractivity contribution in [2.45, 2.75) is 25.3 Å². The first-order chi connectivity index (χ1) is 9.04. The second kappa shape index (κ2) is 6.10. The van der Waals surface area contributed by atoms with Gasteiger partial charge in [-0.15, -0.1) is 0 Å². The van der Waals surface area contributed by atoms with E-state index in [2.05, 4.69) is 42.2 Å². The van der Waals surface area contributed by atoms with Gasteiger partial charge in [0.05, 0.1) is 16.3 Å². The smallest absolute Gasteiger partial charge is 0.105 e. The molecule has 1 aliphatic heterocycles. The van der Waals surface area contributed by atoms with E-state index in [1.54, 1.807) is 0 Å². The Bertz CT molecular complexity index is 551. The standard InChI is InChI=1S/C13H14ClN3S2/c1-8(2)17-13(18)9(7-15)12(19-17)16-11-6-4-3-5-10(11)14/h3-6,8,13,16,18H,1-2H3. The van der Waals surface area contributed by atoms with Gasteiger partial charge in [0.15, 0.2) is 0 Å². The van der Waals surface area contributed by atoms with Crippen LogP contribution in [0.2, 0.25) is 5.02 Å². The average Bonchev–Trinajstić information content (AvgIpc) is 2.68. The maximum absolute atomic E-state index is 9.28. The largest absolute Gasteiger partial charge is 0.347 e. The molecule has 0 saturated carbocycles. The molecule has 2 rings (SSSR count). The van der Waals surface area contributed by atoms with Crippen LogP contribution in [0, 0.1) is 11.3 Å². The molecule has 1 aromatic carbocycles. The number of hydrogen-bond donors (Lipinski definition) is 2. The predicted octanol–water partition coefficient (Wildman–Crippen LogP) is 4.12. The van der Waals surface area contributed by atoms with E-state index in [-0.39, 0.29) is 5.37 Å². The Labute approximate surface area is 128 Å². The van der Waals surface area contributed by atoms with Gasteiger partial charge in [0.25, 0.3) is 0 Å². The highest BCUT2D eigenvalue weighted by atomic mass is 35.5. The normalized spacial score (nSPS) is 19.9. The molecule has 1 atom stereocenters. The zero-order valence-corrected chi connectivity index (χ0v) is 13.1. The summed E-state index contributed by atoms with van der Waals surface area (Å²) in [6.07, 6.45) is 0. The lowest BCUT2D eigenvalue weighted by Crippen LogP contribution is -2.28. The Kier molecular flexibility index (Phi) is 4.69. The van der Waals surface area contributed by atoms with Crippen LogP contribution >= 0.6 is 36.2 Å². The van der Waals surface area contributed by atoms with Crippen molar-refractivity contribution < 1.29 is 0 Å². The molecular weight excluding hydrogens is 298 g/mol. The molecule has 0 radical (unpaired) electrons. The van der Waals surface area contributed by atoms with Crippen LogP contribution < -0.4 is 5.32 Å². The van der Waals surface area contributed by atoms with Crippen molar-refractivity contribution in [2.75, 3.05) is 5.32 Å². The third-order valence-corrected chi connectivity index (χ3v) is 5.03. The summed E-state index contributed by atoms with van der Waals surface area (Å²) < 4.78 is 2.07. The van der Waals surface area contributed by atoms with Crippen molar-refractivity contribution in [3.05, 3.63) is 39.9 Å². The van der Waals surface area contributed by atoms with E-state index >= 15 is 0 Å². The van der Waals surface area contributed by atoms with Crippen LogP contribution in [0.15, 0.2) is 34.9 Å². The van der Waals surface area contributed by atoms with Crippen molar-refractivity contribution in [2.24, 2.45) is 0 Å². The summed E-state index contributed by atoms with van der Waals surface area (Å²) >= 11 is 12.1. The summed E-state index contributed by atoms with van der Waals surface area (Å²) in [5.74, 6) is 0. The van der Waals surface area contributed by atoms with Crippen LogP contribution in [0.4, 0.5) is 5.69 Å². The summed E-state index contributed by atoms with van der Waals surface area (Å²) in [6, 6.07) is 9.99. The first kappa shape index (κ1) is 14.6. The topological polar surface area (TPSA) is 39.1 Å². The number of benzene rings is 1. The van der Waals surface area contributed by atoms with Gasteiger partial charge in [0.2, 0.25) is 0 Å². The molecule has 0 bridgehead atoms. The first-order valence-electron chi connectivity index (χ1n) is 5.84. The third-order valence-electron chi connectivity index (χ3n) is 2.69. The van der Waals surface area contributed by atoms with Gasteiger partial charge in [-0.2, -0.15) is 17.9 Å². The van der Waals surface area contributed by atoms with Gasteiger partial charge < -0.3 is 5.32 Å². The van der Waals surface area contributed by atoms with E-state index in [0.29, 0.717) is 16.6 Å². The lowest BCUT2D eigenvalue weighted by Gasteiger charge is -2.23.